The van der Waals surface area contributed by atoms with Crippen molar-refractivity contribution in [1.29, 1.82) is 0 Å². The molecule has 4 aromatic carbocycles. The SMILES string of the molecule is CCn1c2ccc(CNCCCC(=O)NCCOc3ccc(CCc4nc5cc(-c6c(C)noc6C)ccc5n4CCN4CCOCC4)cc3F)cc2c2ccc(-c3cc(C)cs3)cc21. The number of thiophene rings is 1. The van der Waals surface area contributed by atoms with E-state index in [0.29, 0.717) is 32.2 Å². The fraction of sp³-hybridized carbons (Fsp3) is 0.365. The predicted octanol–water partition coefficient (Wildman–Crippen LogP) is 9.79. The number of carbonyl (C=O) groups excluding carboxylic acids is 1. The molecule has 65 heavy (non-hydrogen) atoms. The summed E-state index contributed by atoms with van der Waals surface area (Å²) < 4.78 is 36.8. The highest BCUT2D eigenvalue weighted by atomic mass is 32.1. The lowest BCUT2D eigenvalue weighted by Gasteiger charge is -2.27. The molecule has 0 saturated carbocycles. The third-order valence-corrected chi connectivity index (χ3v) is 13.7. The molecule has 0 atom stereocenters. The lowest BCUT2D eigenvalue weighted by atomic mass is 10.0. The molecule has 338 valence electrons. The monoisotopic (exact) mass is 895 g/mol. The van der Waals surface area contributed by atoms with E-state index < -0.39 is 5.82 Å². The minimum Gasteiger partial charge on any atom is -0.489 e. The van der Waals surface area contributed by atoms with E-state index >= 15 is 4.39 Å². The molecule has 0 aliphatic carbocycles. The van der Waals surface area contributed by atoms with Crippen molar-refractivity contribution >= 4 is 50.1 Å². The quantitative estimate of drug-likeness (QED) is 0.0773. The van der Waals surface area contributed by atoms with Crippen LogP contribution in [0.15, 0.2) is 88.8 Å². The normalized spacial score (nSPS) is 13.4. The molecule has 1 aliphatic rings. The number of carbonyl (C=O) groups is 1. The number of hydrogen-bond acceptors (Lipinski definition) is 9. The molecule has 11 nitrogen and oxygen atoms in total. The number of aryl methyl sites for hydroxylation is 6. The van der Waals surface area contributed by atoms with Crippen molar-refractivity contribution in [3.63, 3.8) is 0 Å². The Hall–Kier alpha value is -5.86. The fourth-order valence-corrected chi connectivity index (χ4v) is 10.1. The van der Waals surface area contributed by atoms with Gasteiger partial charge in [0.2, 0.25) is 5.91 Å². The molecule has 0 unspecified atom stereocenters. The fourth-order valence-electron chi connectivity index (χ4n) is 9.19. The minimum atomic E-state index is -0.418. The number of fused-ring (bicyclic) bond motifs is 4. The van der Waals surface area contributed by atoms with Gasteiger partial charge in [0.05, 0.1) is 36.5 Å². The third-order valence-electron chi connectivity index (χ3n) is 12.6. The lowest BCUT2D eigenvalue weighted by Crippen LogP contribution is -2.38. The average Bonchev–Trinajstić information content (AvgIpc) is 4.08. The van der Waals surface area contributed by atoms with E-state index in [0.717, 1.165) is 104 Å². The van der Waals surface area contributed by atoms with Crippen molar-refractivity contribution < 1.29 is 23.2 Å². The van der Waals surface area contributed by atoms with Crippen LogP contribution in [-0.2, 0) is 42.0 Å². The van der Waals surface area contributed by atoms with Crippen LogP contribution < -0.4 is 15.4 Å². The van der Waals surface area contributed by atoms with E-state index in [9.17, 15) is 4.79 Å². The van der Waals surface area contributed by atoms with E-state index in [1.165, 1.54) is 43.4 Å². The molecule has 13 heteroatoms. The van der Waals surface area contributed by atoms with Crippen LogP contribution in [0.2, 0.25) is 0 Å². The molecule has 1 fully saturated rings. The smallest absolute Gasteiger partial charge is 0.220 e. The number of rotatable bonds is 19. The molecule has 0 radical (unpaired) electrons. The number of amides is 1. The van der Waals surface area contributed by atoms with Gasteiger partial charge in [-0.1, -0.05) is 35.5 Å². The molecule has 1 saturated heterocycles. The van der Waals surface area contributed by atoms with Gasteiger partial charge in [-0.15, -0.1) is 11.3 Å². The van der Waals surface area contributed by atoms with E-state index in [4.69, 9.17) is 19.0 Å². The van der Waals surface area contributed by atoms with Crippen LogP contribution in [0.1, 0.15) is 53.7 Å². The number of nitrogens with zero attached hydrogens (tertiary/aromatic N) is 5. The number of nitrogens with one attached hydrogen (secondary N) is 2. The number of benzene rings is 4. The van der Waals surface area contributed by atoms with Gasteiger partial charge in [0.15, 0.2) is 11.6 Å². The molecule has 9 rings (SSSR count). The number of morpholine rings is 1. The summed E-state index contributed by atoms with van der Waals surface area (Å²) in [5.74, 6) is 1.45. The van der Waals surface area contributed by atoms with Crippen LogP contribution >= 0.6 is 11.3 Å². The Bertz CT molecular complexity index is 2920. The van der Waals surface area contributed by atoms with Crippen molar-refractivity contribution in [3.8, 4) is 27.3 Å². The maximum absolute atomic E-state index is 15.3. The molecule has 0 bridgehead atoms. The van der Waals surface area contributed by atoms with Gasteiger partial charge in [0.25, 0.3) is 0 Å². The van der Waals surface area contributed by atoms with Gasteiger partial charge in [-0.25, -0.2) is 9.37 Å². The van der Waals surface area contributed by atoms with Crippen LogP contribution in [0.3, 0.4) is 0 Å². The summed E-state index contributed by atoms with van der Waals surface area (Å²) in [4.78, 5) is 21.4. The van der Waals surface area contributed by atoms with Gasteiger partial charge in [0, 0.05) is 84.4 Å². The van der Waals surface area contributed by atoms with Gasteiger partial charge in [-0.2, -0.15) is 0 Å². The van der Waals surface area contributed by atoms with Gasteiger partial charge in [-0.3, -0.25) is 9.69 Å². The molecular weight excluding hydrogens is 838 g/mol. The Morgan fingerprint density at radius 2 is 1.68 bits per heavy atom. The van der Waals surface area contributed by atoms with E-state index in [1.807, 2.05) is 19.9 Å². The van der Waals surface area contributed by atoms with Crippen molar-refractivity contribution in [1.82, 2.24) is 34.8 Å². The third kappa shape index (κ3) is 10.0. The first-order valence-electron chi connectivity index (χ1n) is 22.9. The summed E-state index contributed by atoms with van der Waals surface area (Å²) in [7, 11) is 0. The maximum atomic E-state index is 15.3. The highest BCUT2D eigenvalue weighted by molar-refractivity contribution is 7.13. The summed E-state index contributed by atoms with van der Waals surface area (Å²) in [5, 5.41) is 15.3. The number of halogens is 1. The Balaban J connectivity index is 0.728. The second-order valence-corrected chi connectivity index (χ2v) is 18.0. The molecule has 5 heterocycles. The standard InChI is InChI=1S/C52H58FN7O4S/c1-5-59-45-14-8-38(28-42(45)41-13-11-39(31-47(41)59)49-27-34(2)33-65-49)32-54-18-6-7-51(61)55-19-24-63-48-16-9-37(29-43(48)53)10-17-50-56-44-30-40(52-35(3)57-64-36(52)4)12-15-46(44)60(50)21-20-58-22-25-62-26-23-58/h8-9,11-16,27-31,33,54H,5-7,10,17-26,32H2,1-4H3,(H,55,61). The van der Waals surface area contributed by atoms with Gasteiger partial charge >= 0.3 is 0 Å². The van der Waals surface area contributed by atoms with Crippen LogP contribution in [0.4, 0.5) is 4.39 Å². The number of imidazole rings is 1. The first-order valence-corrected chi connectivity index (χ1v) is 23.8. The molecule has 1 amide bonds. The summed E-state index contributed by atoms with van der Waals surface area (Å²) >= 11 is 1.79. The molecule has 1 aliphatic heterocycles. The maximum Gasteiger partial charge on any atom is 0.220 e. The van der Waals surface area contributed by atoms with E-state index in [1.54, 1.807) is 23.5 Å². The van der Waals surface area contributed by atoms with Crippen molar-refractivity contribution in [2.24, 2.45) is 0 Å². The van der Waals surface area contributed by atoms with Crippen LogP contribution in [0.5, 0.6) is 5.75 Å². The molecule has 0 spiro atoms. The Kier molecular flexibility index (Phi) is 13.7. The largest absolute Gasteiger partial charge is 0.489 e. The second kappa shape index (κ2) is 20.1. The first kappa shape index (κ1) is 44.3. The van der Waals surface area contributed by atoms with Crippen molar-refractivity contribution in [2.45, 2.75) is 73.0 Å². The van der Waals surface area contributed by atoms with Crippen LogP contribution in [0, 0.1) is 26.6 Å². The summed E-state index contributed by atoms with van der Waals surface area (Å²) in [5.41, 5.74) is 12.0. The zero-order valence-corrected chi connectivity index (χ0v) is 38.7. The molecule has 8 aromatic rings. The summed E-state index contributed by atoms with van der Waals surface area (Å²) in [6.45, 7) is 16.1. The molecular formula is C52H58FN7O4S. The first-order chi connectivity index (χ1) is 31.7. The number of ether oxygens (including phenoxy) is 2. The summed E-state index contributed by atoms with van der Waals surface area (Å²) in [6.07, 6.45) is 2.38. The molecule has 2 N–H and O–H groups in total. The van der Waals surface area contributed by atoms with Gasteiger partial charge in [0.1, 0.15) is 18.2 Å². The Morgan fingerprint density at radius 3 is 2.46 bits per heavy atom. The van der Waals surface area contributed by atoms with Crippen LogP contribution in [-0.4, -0.2) is 82.6 Å². The minimum absolute atomic E-state index is 0.0482. The average molecular weight is 896 g/mol. The zero-order chi connectivity index (χ0) is 44.9. The molecule has 4 aromatic heterocycles. The lowest BCUT2D eigenvalue weighted by molar-refractivity contribution is -0.121. The Morgan fingerprint density at radius 1 is 0.846 bits per heavy atom. The summed E-state index contributed by atoms with van der Waals surface area (Å²) in [6, 6.07) is 27.3. The topological polar surface area (TPSA) is 112 Å². The Labute approximate surface area is 383 Å². The number of hydrogen-bond donors (Lipinski definition) is 2. The number of aromatic nitrogens is 4. The highest BCUT2D eigenvalue weighted by Gasteiger charge is 2.19. The van der Waals surface area contributed by atoms with Gasteiger partial charge < -0.3 is 33.8 Å². The zero-order valence-electron chi connectivity index (χ0n) is 37.8. The van der Waals surface area contributed by atoms with Crippen molar-refractivity contribution in [2.75, 3.05) is 52.5 Å². The van der Waals surface area contributed by atoms with Crippen molar-refractivity contribution in [3.05, 3.63) is 124 Å². The highest BCUT2D eigenvalue weighted by Crippen LogP contribution is 2.35. The van der Waals surface area contributed by atoms with E-state index in [2.05, 4.69) is 110 Å². The second-order valence-electron chi connectivity index (χ2n) is 17.1. The van der Waals surface area contributed by atoms with Crippen LogP contribution in [0.25, 0.3) is 54.4 Å². The van der Waals surface area contributed by atoms with E-state index in [-0.39, 0.29) is 18.3 Å². The predicted molar refractivity (Wildman–Crippen MR) is 258 cm³/mol. The van der Waals surface area contributed by atoms with Gasteiger partial charge in [-0.05, 0) is 129 Å².